The molecule has 0 radical (unpaired) electrons. The number of anilines is 2. The largest absolute Gasteiger partial charge is 0.494 e. The minimum Gasteiger partial charge on any atom is -0.494 e. The van der Waals surface area contributed by atoms with Crippen LogP contribution in [-0.2, 0) is 13.0 Å². The maximum Gasteiger partial charge on any atom is 0.286 e. The lowest BCUT2D eigenvalue weighted by atomic mass is 10.1. The quantitative estimate of drug-likeness (QED) is 0.648. The zero-order chi connectivity index (χ0) is 20.9. The van der Waals surface area contributed by atoms with E-state index in [1.807, 2.05) is 66.4 Å². The number of ether oxygens (including phenoxy) is 1. The number of benzene rings is 2. The van der Waals surface area contributed by atoms with E-state index < -0.39 is 11.5 Å². The van der Waals surface area contributed by atoms with Crippen molar-refractivity contribution < 1.29 is 9.53 Å². The summed E-state index contributed by atoms with van der Waals surface area (Å²) in [7, 11) is 0. The number of fused-ring (bicyclic) bond motifs is 1. The van der Waals surface area contributed by atoms with Crippen molar-refractivity contribution in [3.05, 3.63) is 76.2 Å². The van der Waals surface area contributed by atoms with Gasteiger partial charge in [0.1, 0.15) is 5.75 Å². The highest BCUT2D eigenvalue weighted by Gasteiger charge is 2.27. The summed E-state index contributed by atoms with van der Waals surface area (Å²) in [4.78, 5) is 27.2. The molecule has 1 amide bonds. The average molecular weight is 405 g/mol. The van der Waals surface area contributed by atoms with Crippen molar-refractivity contribution in [2.24, 2.45) is 0 Å². The first-order valence-corrected chi connectivity index (χ1v) is 9.97. The number of hydrogen-bond acceptors (Lipinski definition) is 6. The summed E-state index contributed by atoms with van der Waals surface area (Å²) in [5.74, 6) is 0.717. The summed E-state index contributed by atoms with van der Waals surface area (Å²) in [5.41, 5.74) is 1.39. The maximum absolute atomic E-state index is 12.8. The second kappa shape index (κ2) is 8.77. The molecule has 0 saturated carbocycles. The van der Waals surface area contributed by atoms with Crippen LogP contribution in [-0.4, -0.2) is 40.4 Å². The Labute approximate surface area is 174 Å². The molecule has 0 fully saturated rings. The number of nitrogens with one attached hydrogen (secondary N) is 1. The Balaban J connectivity index is 1.47. The van der Waals surface area contributed by atoms with Crippen molar-refractivity contribution in [2.45, 2.75) is 19.9 Å². The maximum atomic E-state index is 12.8. The first kappa shape index (κ1) is 19.6. The van der Waals surface area contributed by atoms with E-state index in [-0.39, 0.29) is 5.69 Å². The van der Waals surface area contributed by atoms with Gasteiger partial charge in [-0.1, -0.05) is 30.3 Å². The van der Waals surface area contributed by atoms with Gasteiger partial charge in [-0.15, -0.1) is 10.2 Å². The third-order valence-electron chi connectivity index (χ3n) is 4.93. The summed E-state index contributed by atoms with van der Waals surface area (Å²) in [6.45, 7) is 3.98. The van der Waals surface area contributed by atoms with E-state index in [1.165, 1.54) is 4.57 Å². The summed E-state index contributed by atoms with van der Waals surface area (Å²) in [6, 6.07) is 17.4. The number of amides is 1. The van der Waals surface area contributed by atoms with Gasteiger partial charge in [0.25, 0.3) is 11.5 Å². The summed E-state index contributed by atoms with van der Waals surface area (Å²) in [6.07, 6.45) is 0.678. The molecule has 0 atom stereocenters. The number of aromatic nitrogens is 3. The molecule has 1 aliphatic rings. The summed E-state index contributed by atoms with van der Waals surface area (Å²) in [5, 5.41) is 10.9. The normalized spacial score (nSPS) is 12.5. The van der Waals surface area contributed by atoms with Crippen molar-refractivity contribution >= 4 is 17.5 Å². The minimum absolute atomic E-state index is 0.180. The number of rotatable bonds is 7. The van der Waals surface area contributed by atoms with Crippen molar-refractivity contribution in [3.63, 3.8) is 0 Å². The first-order valence-electron chi connectivity index (χ1n) is 9.97. The summed E-state index contributed by atoms with van der Waals surface area (Å²) >= 11 is 0. The van der Waals surface area contributed by atoms with Gasteiger partial charge in [-0.05, 0) is 43.2 Å². The fourth-order valence-electron chi connectivity index (χ4n) is 3.44. The number of carbonyl (C=O) groups is 1. The van der Waals surface area contributed by atoms with E-state index in [0.717, 1.165) is 17.0 Å². The molecule has 1 aromatic heterocycles. The van der Waals surface area contributed by atoms with Gasteiger partial charge in [0.2, 0.25) is 11.6 Å². The van der Waals surface area contributed by atoms with Crippen molar-refractivity contribution in [3.8, 4) is 5.75 Å². The number of carbonyl (C=O) groups excluding carboxylic acids is 1. The Bertz CT molecular complexity index is 1080. The second-order valence-corrected chi connectivity index (χ2v) is 6.88. The molecule has 0 unspecified atom stereocenters. The molecule has 0 aliphatic carbocycles. The molecule has 1 aliphatic heterocycles. The van der Waals surface area contributed by atoms with Gasteiger partial charge in [0.05, 0.1) is 6.61 Å². The molecule has 8 heteroatoms. The predicted octanol–water partition coefficient (Wildman–Crippen LogP) is 2.16. The van der Waals surface area contributed by atoms with Crippen LogP contribution in [0.15, 0.2) is 59.4 Å². The lowest BCUT2D eigenvalue weighted by Gasteiger charge is -2.17. The van der Waals surface area contributed by atoms with Gasteiger partial charge in [-0.3, -0.25) is 14.2 Å². The van der Waals surface area contributed by atoms with Crippen molar-refractivity contribution in [2.75, 3.05) is 24.6 Å². The Morgan fingerprint density at radius 3 is 2.57 bits per heavy atom. The third kappa shape index (κ3) is 4.03. The Hall–Kier alpha value is -3.68. The highest BCUT2D eigenvalue weighted by atomic mass is 16.5. The van der Waals surface area contributed by atoms with Crippen LogP contribution in [0.3, 0.4) is 0 Å². The summed E-state index contributed by atoms with van der Waals surface area (Å²) < 4.78 is 6.96. The smallest absolute Gasteiger partial charge is 0.286 e. The molecule has 4 rings (SSSR count). The Kier molecular flexibility index (Phi) is 5.74. The molecule has 8 nitrogen and oxygen atoms in total. The van der Waals surface area contributed by atoms with Crippen LogP contribution in [0, 0.1) is 0 Å². The van der Waals surface area contributed by atoms with Crippen molar-refractivity contribution in [1.29, 1.82) is 0 Å². The van der Waals surface area contributed by atoms with Gasteiger partial charge in [-0.2, -0.15) is 0 Å². The number of nitrogens with zero attached hydrogens (tertiary/aromatic N) is 4. The van der Waals surface area contributed by atoms with E-state index in [9.17, 15) is 9.59 Å². The van der Waals surface area contributed by atoms with Gasteiger partial charge in [-0.25, -0.2) is 0 Å². The standard InChI is InChI=1S/C22H23N5O3/c1-2-30-18-10-8-17(9-11-18)26-14-15-27-21(29)19(24-25-22(26)27)20(28)23-13-12-16-6-4-3-5-7-16/h3-11H,2,12-15H2,1H3,(H,23,28). The highest BCUT2D eigenvalue weighted by molar-refractivity contribution is 5.91. The molecule has 1 N–H and O–H groups in total. The molecule has 0 spiro atoms. The van der Waals surface area contributed by atoms with Crippen LogP contribution in [0.4, 0.5) is 11.6 Å². The van der Waals surface area contributed by atoms with E-state index in [1.54, 1.807) is 0 Å². The second-order valence-electron chi connectivity index (χ2n) is 6.88. The van der Waals surface area contributed by atoms with Gasteiger partial charge < -0.3 is 15.0 Å². The SMILES string of the molecule is CCOc1ccc(N2CCn3c2nnc(C(=O)NCCc2ccccc2)c3=O)cc1. The molecule has 30 heavy (non-hydrogen) atoms. The molecule has 2 heterocycles. The molecule has 3 aromatic rings. The van der Waals surface area contributed by atoms with Crippen LogP contribution in [0.1, 0.15) is 23.0 Å². The molecule has 2 aromatic carbocycles. The zero-order valence-electron chi connectivity index (χ0n) is 16.7. The lowest BCUT2D eigenvalue weighted by molar-refractivity contribution is 0.0945. The Morgan fingerprint density at radius 2 is 1.83 bits per heavy atom. The first-order chi connectivity index (χ1) is 14.7. The fourth-order valence-corrected chi connectivity index (χ4v) is 3.44. The van der Waals surface area contributed by atoms with E-state index >= 15 is 0 Å². The van der Waals surface area contributed by atoms with Crippen molar-refractivity contribution in [1.82, 2.24) is 20.1 Å². The molecule has 0 saturated heterocycles. The molecular formula is C22H23N5O3. The minimum atomic E-state index is -0.502. The number of hydrogen-bond donors (Lipinski definition) is 1. The van der Waals surface area contributed by atoms with Crippen LogP contribution >= 0.6 is 0 Å². The van der Waals surface area contributed by atoms with Crippen LogP contribution < -0.4 is 20.5 Å². The van der Waals surface area contributed by atoms with Crippen LogP contribution in [0.5, 0.6) is 5.75 Å². The van der Waals surface area contributed by atoms with E-state index in [0.29, 0.717) is 38.6 Å². The highest BCUT2D eigenvalue weighted by Crippen LogP contribution is 2.28. The molecule has 0 bridgehead atoms. The van der Waals surface area contributed by atoms with Crippen LogP contribution in [0.25, 0.3) is 0 Å². The van der Waals surface area contributed by atoms with Gasteiger partial charge in [0.15, 0.2) is 0 Å². The zero-order valence-corrected chi connectivity index (χ0v) is 16.7. The lowest BCUT2D eigenvalue weighted by Crippen LogP contribution is -2.35. The van der Waals surface area contributed by atoms with E-state index in [2.05, 4.69) is 15.5 Å². The fraction of sp³-hybridized carbons (Fsp3) is 0.273. The van der Waals surface area contributed by atoms with E-state index in [4.69, 9.17) is 4.74 Å². The molecular weight excluding hydrogens is 382 g/mol. The molecule has 154 valence electrons. The topological polar surface area (TPSA) is 89.3 Å². The van der Waals surface area contributed by atoms with Crippen LogP contribution in [0.2, 0.25) is 0 Å². The average Bonchev–Trinajstić information content (AvgIpc) is 3.20. The Morgan fingerprint density at radius 1 is 1.07 bits per heavy atom. The monoisotopic (exact) mass is 405 g/mol. The third-order valence-corrected chi connectivity index (χ3v) is 4.93. The van der Waals surface area contributed by atoms with Gasteiger partial charge >= 0.3 is 0 Å². The predicted molar refractivity (Wildman–Crippen MR) is 113 cm³/mol. The van der Waals surface area contributed by atoms with Gasteiger partial charge in [0, 0.05) is 25.3 Å².